The molecule has 0 amide bonds. The van der Waals surface area contributed by atoms with Gasteiger partial charge in [0.1, 0.15) is 11.7 Å². The number of dihydropyridines is 2. The van der Waals surface area contributed by atoms with Crippen LogP contribution in [0.3, 0.4) is 0 Å². The lowest BCUT2D eigenvalue weighted by Gasteiger charge is -2.30. The van der Waals surface area contributed by atoms with Crippen molar-refractivity contribution in [2.45, 2.75) is 26.8 Å². The van der Waals surface area contributed by atoms with E-state index >= 15 is 0 Å². The number of hydrogen-bond acceptors (Lipinski definition) is 6. The van der Waals surface area contributed by atoms with Crippen molar-refractivity contribution < 1.29 is 0 Å². The number of aliphatic imine (C=N–C) groups is 1. The molecule has 1 saturated heterocycles. The molecule has 3 aliphatic heterocycles. The zero-order valence-electron chi connectivity index (χ0n) is 18.1. The first-order valence-electron chi connectivity index (χ1n) is 10.7. The maximum Gasteiger partial charge on any atom is 0.132 e. The molecule has 0 atom stereocenters. The Kier molecular flexibility index (Phi) is 6.18. The highest BCUT2D eigenvalue weighted by atomic mass is 15.3. The first-order valence-corrected chi connectivity index (χ1v) is 10.7. The van der Waals surface area contributed by atoms with E-state index in [-0.39, 0.29) is 5.92 Å². The van der Waals surface area contributed by atoms with E-state index in [0.29, 0.717) is 11.7 Å². The number of likely N-dealkylation sites (tertiary alicyclic amines) is 1. The predicted octanol–water partition coefficient (Wildman–Crippen LogP) is 2.33. The highest BCUT2D eigenvalue weighted by Gasteiger charge is 2.17. The van der Waals surface area contributed by atoms with Crippen molar-refractivity contribution >= 4 is 17.6 Å². The minimum Gasteiger partial charge on any atom is -0.384 e. The van der Waals surface area contributed by atoms with E-state index in [1.54, 1.807) is 6.08 Å². The third-order valence-electron chi connectivity index (χ3n) is 5.60. The highest BCUT2D eigenvalue weighted by Crippen LogP contribution is 2.25. The van der Waals surface area contributed by atoms with Crippen molar-refractivity contribution in [3.8, 4) is 0 Å². The van der Waals surface area contributed by atoms with Crippen LogP contribution in [0.2, 0.25) is 0 Å². The highest BCUT2D eigenvalue weighted by molar-refractivity contribution is 5.97. The molecular formula is C23H30N8. The molecule has 31 heavy (non-hydrogen) atoms. The van der Waals surface area contributed by atoms with E-state index in [4.69, 9.17) is 11.1 Å². The standard InChI is InChI=1S/C23H30N8/c1-16(2)17(12-24)11-22(25)29-23-5-4-20-21(28-23)10-18(13-26-20)19-14-27-31(15-19)9-8-30-6-3-7-30/h4-5,10-16,24,26,28H,3,6-9H2,1-2H3,(H2,25,29). The van der Waals surface area contributed by atoms with Crippen LogP contribution in [0.5, 0.6) is 0 Å². The molecule has 8 nitrogen and oxygen atoms in total. The van der Waals surface area contributed by atoms with Gasteiger partial charge in [0.2, 0.25) is 0 Å². The Hall–Kier alpha value is -3.39. The van der Waals surface area contributed by atoms with Crippen molar-refractivity contribution in [2.75, 3.05) is 19.6 Å². The second-order valence-corrected chi connectivity index (χ2v) is 8.23. The van der Waals surface area contributed by atoms with Crippen molar-refractivity contribution in [3.05, 3.63) is 71.2 Å². The predicted molar refractivity (Wildman–Crippen MR) is 125 cm³/mol. The van der Waals surface area contributed by atoms with Gasteiger partial charge in [0.15, 0.2) is 0 Å². The molecule has 162 valence electrons. The first-order chi connectivity index (χ1) is 15.0. The molecule has 1 aromatic heterocycles. The Morgan fingerprint density at radius 2 is 2.13 bits per heavy atom. The smallest absolute Gasteiger partial charge is 0.132 e. The van der Waals surface area contributed by atoms with Gasteiger partial charge < -0.3 is 26.7 Å². The van der Waals surface area contributed by atoms with Crippen LogP contribution in [-0.4, -0.2) is 46.4 Å². The van der Waals surface area contributed by atoms with Gasteiger partial charge >= 0.3 is 0 Å². The van der Waals surface area contributed by atoms with Gasteiger partial charge in [-0.25, -0.2) is 4.99 Å². The van der Waals surface area contributed by atoms with Crippen LogP contribution in [0.25, 0.3) is 5.57 Å². The number of allylic oxidation sites excluding steroid dienone is 5. The zero-order valence-corrected chi connectivity index (χ0v) is 18.1. The molecule has 4 heterocycles. The molecule has 0 saturated carbocycles. The quantitative estimate of drug-likeness (QED) is 0.383. The lowest BCUT2D eigenvalue weighted by atomic mass is 10.0. The largest absolute Gasteiger partial charge is 0.384 e. The van der Waals surface area contributed by atoms with Crippen molar-refractivity contribution in [3.63, 3.8) is 0 Å². The third-order valence-corrected chi connectivity index (χ3v) is 5.60. The number of fused-ring (bicyclic) bond motifs is 1. The Morgan fingerprint density at radius 3 is 2.84 bits per heavy atom. The monoisotopic (exact) mass is 418 g/mol. The summed E-state index contributed by atoms with van der Waals surface area (Å²) in [5.41, 5.74) is 10.9. The van der Waals surface area contributed by atoms with Crippen LogP contribution in [0, 0.1) is 11.3 Å². The third kappa shape index (κ3) is 5.03. The summed E-state index contributed by atoms with van der Waals surface area (Å²) in [7, 11) is 0. The molecule has 8 heteroatoms. The number of aromatic nitrogens is 2. The summed E-state index contributed by atoms with van der Waals surface area (Å²) < 4.78 is 2.00. The molecule has 0 unspecified atom stereocenters. The van der Waals surface area contributed by atoms with Crippen LogP contribution >= 0.6 is 0 Å². The fourth-order valence-corrected chi connectivity index (χ4v) is 3.52. The van der Waals surface area contributed by atoms with Gasteiger partial charge in [0, 0.05) is 36.3 Å². The average Bonchev–Trinajstić information content (AvgIpc) is 3.19. The van der Waals surface area contributed by atoms with Crippen molar-refractivity contribution in [1.29, 1.82) is 5.41 Å². The molecule has 0 aromatic carbocycles. The van der Waals surface area contributed by atoms with Gasteiger partial charge in [-0.1, -0.05) is 13.8 Å². The van der Waals surface area contributed by atoms with Gasteiger partial charge in [-0.2, -0.15) is 5.10 Å². The summed E-state index contributed by atoms with van der Waals surface area (Å²) in [6.07, 6.45) is 16.3. The van der Waals surface area contributed by atoms with Gasteiger partial charge in [0.05, 0.1) is 24.1 Å². The molecule has 3 aliphatic rings. The fraction of sp³-hybridized carbons (Fsp3) is 0.348. The number of amidine groups is 1. The van der Waals surface area contributed by atoms with E-state index in [2.05, 4.69) is 37.9 Å². The van der Waals surface area contributed by atoms with E-state index < -0.39 is 0 Å². The molecule has 1 aromatic rings. The number of nitrogens with two attached hydrogens (primary N) is 1. The van der Waals surface area contributed by atoms with Crippen molar-refractivity contribution in [2.24, 2.45) is 16.6 Å². The second kappa shape index (κ2) is 9.18. The number of nitrogens with zero attached hydrogens (tertiary/aromatic N) is 4. The van der Waals surface area contributed by atoms with E-state index in [1.165, 1.54) is 25.7 Å². The summed E-state index contributed by atoms with van der Waals surface area (Å²) in [6.45, 7) is 8.41. The molecule has 0 radical (unpaired) electrons. The summed E-state index contributed by atoms with van der Waals surface area (Å²) in [5.74, 6) is 1.24. The maximum absolute atomic E-state index is 7.51. The Labute approximate surface area is 183 Å². The lowest BCUT2D eigenvalue weighted by Crippen LogP contribution is -2.39. The van der Waals surface area contributed by atoms with E-state index in [9.17, 15) is 0 Å². The molecule has 1 fully saturated rings. The van der Waals surface area contributed by atoms with Gasteiger partial charge in [-0.05, 0) is 55.3 Å². The molecule has 0 aliphatic carbocycles. The Bertz CT molecular complexity index is 1030. The summed E-state index contributed by atoms with van der Waals surface area (Å²) in [4.78, 5) is 6.90. The maximum atomic E-state index is 7.51. The van der Waals surface area contributed by atoms with Gasteiger partial charge in [0.25, 0.3) is 0 Å². The summed E-state index contributed by atoms with van der Waals surface area (Å²) in [5, 5.41) is 18.7. The molecule has 5 N–H and O–H groups in total. The van der Waals surface area contributed by atoms with Crippen LogP contribution in [-0.2, 0) is 6.54 Å². The normalized spacial score (nSPS) is 19.3. The van der Waals surface area contributed by atoms with E-state index in [1.807, 2.05) is 43.1 Å². The molecule has 0 bridgehead atoms. The SMILES string of the molecule is CC(C)C(C=N)=CC(N)=NC1=CC=C2NC=C(c3cnn(CCN4CCC4)c3)C=C2N1. The minimum absolute atomic E-state index is 0.218. The van der Waals surface area contributed by atoms with Crippen LogP contribution < -0.4 is 16.4 Å². The van der Waals surface area contributed by atoms with Gasteiger partial charge in [-0.15, -0.1) is 0 Å². The average molecular weight is 419 g/mol. The lowest BCUT2D eigenvalue weighted by molar-refractivity contribution is 0.172. The number of nitrogens with one attached hydrogen (secondary N) is 3. The number of hydrogen-bond donors (Lipinski definition) is 4. The van der Waals surface area contributed by atoms with Crippen molar-refractivity contribution in [1.82, 2.24) is 25.3 Å². The zero-order chi connectivity index (χ0) is 21.8. The van der Waals surface area contributed by atoms with E-state index in [0.717, 1.165) is 41.2 Å². The summed E-state index contributed by atoms with van der Waals surface area (Å²) >= 11 is 0. The Balaban J connectivity index is 1.44. The van der Waals surface area contributed by atoms with Crippen LogP contribution in [0.15, 0.2) is 70.7 Å². The number of rotatable bonds is 8. The van der Waals surface area contributed by atoms with Crippen LogP contribution in [0.1, 0.15) is 25.8 Å². The summed E-state index contributed by atoms with van der Waals surface area (Å²) in [6, 6.07) is 0. The first kappa shape index (κ1) is 20.9. The second-order valence-electron chi connectivity index (χ2n) is 8.23. The Morgan fingerprint density at radius 1 is 1.29 bits per heavy atom. The fourth-order valence-electron chi connectivity index (χ4n) is 3.52. The van der Waals surface area contributed by atoms with Gasteiger partial charge in [-0.3, -0.25) is 4.68 Å². The minimum atomic E-state index is 0.218. The molecule has 0 spiro atoms. The topological polar surface area (TPSA) is 107 Å². The van der Waals surface area contributed by atoms with Crippen LogP contribution in [0.4, 0.5) is 0 Å². The molecular weight excluding hydrogens is 388 g/mol. The molecule has 4 rings (SSSR count).